The summed E-state index contributed by atoms with van der Waals surface area (Å²) in [6.45, 7) is 4.17. The summed E-state index contributed by atoms with van der Waals surface area (Å²) in [5.74, 6) is 0.445. The number of nitrogens with one attached hydrogen (secondary N) is 1. The number of amides is 1. The summed E-state index contributed by atoms with van der Waals surface area (Å²) in [6.07, 6.45) is 5.11. The Hall–Kier alpha value is -0.350. The first kappa shape index (κ1) is 12.7. The van der Waals surface area contributed by atoms with E-state index in [0.29, 0.717) is 18.9 Å². The molecule has 15 heavy (non-hydrogen) atoms. The van der Waals surface area contributed by atoms with Crippen molar-refractivity contribution in [3.8, 4) is 0 Å². The van der Waals surface area contributed by atoms with E-state index in [2.05, 4.69) is 27.8 Å². The van der Waals surface area contributed by atoms with E-state index in [1.807, 2.05) is 0 Å². The van der Waals surface area contributed by atoms with Crippen LogP contribution in [0.1, 0.15) is 32.1 Å². The lowest BCUT2D eigenvalue weighted by atomic mass is 9.83. The van der Waals surface area contributed by atoms with Gasteiger partial charge in [-0.2, -0.15) is 0 Å². The molecule has 0 bridgehead atoms. The van der Waals surface area contributed by atoms with Crippen molar-refractivity contribution in [2.75, 3.05) is 6.54 Å². The summed E-state index contributed by atoms with van der Waals surface area (Å²) >= 11 is 3.21. The Labute approximate surface area is 99.6 Å². The van der Waals surface area contributed by atoms with Crippen molar-refractivity contribution in [2.24, 2.45) is 11.7 Å². The van der Waals surface area contributed by atoms with Crippen molar-refractivity contribution in [1.82, 2.24) is 5.32 Å². The molecule has 0 saturated heterocycles. The second-order valence-electron chi connectivity index (χ2n) is 4.21. The van der Waals surface area contributed by atoms with Crippen LogP contribution in [0.25, 0.3) is 0 Å². The maximum atomic E-state index is 11.5. The Kier molecular flexibility index (Phi) is 5.32. The molecule has 0 spiro atoms. The third-order valence-electron chi connectivity index (χ3n) is 2.89. The Morgan fingerprint density at radius 1 is 1.47 bits per heavy atom. The van der Waals surface area contributed by atoms with Gasteiger partial charge in [0.1, 0.15) is 0 Å². The molecule has 2 atom stereocenters. The van der Waals surface area contributed by atoms with Gasteiger partial charge in [0.05, 0.1) is 0 Å². The third kappa shape index (κ3) is 4.80. The largest absolute Gasteiger partial charge is 0.352 e. The van der Waals surface area contributed by atoms with E-state index >= 15 is 0 Å². The minimum absolute atomic E-state index is 0.0814. The van der Waals surface area contributed by atoms with Crippen LogP contribution in [0.3, 0.4) is 0 Å². The van der Waals surface area contributed by atoms with Crippen LogP contribution in [0.15, 0.2) is 11.1 Å². The molecule has 86 valence electrons. The van der Waals surface area contributed by atoms with E-state index in [0.717, 1.165) is 17.3 Å². The predicted octanol–water partition coefficient (Wildman–Crippen LogP) is 1.92. The molecule has 3 N–H and O–H groups in total. The van der Waals surface area contributed by atoms with E-state index in [9.17, 15) is 4.79 Å². The Morgan fingerprint density at radius 2 is 2.13 bits per heavy atom. The van der Waals surface area contributed by atoms with Gasteiger partial charge in [0.25, 0.3) is 0 Å². The molecule has 0 aromatic heterocycles. The van der Waals surface area contributed by atoms with Crippen LogP contribution < -0.4 is 11.1 Å². The number of hydrogen-bond acceptors (Lipinski definition) is 2. The molecule has 1 aliphatic rings. The van der Waals surface area contributed by atoms with E-state index < -0.39 is 0 Å². The molecule has 1 rings (SSSR count). The summed E-state index contributed by atoms with van der Waals surface area (Å²) < 4.78 is 0.795. The fraction of sp³-hybridized carbons (Fsp3) is 0.727. The van der Waals surface area contributed by atoms with Crippen LogP contribution >= 0.6 is 15.9 Å². The van der Waals surface area contributed by atoms with Gasteiger partial charge in [0.2, 0.25) is 5.91 Å². The molecular formula is C11H19BrN2O. The normalized spacial score (nSPS) is 26.0. The zero-order valence-electron chi connectivity index (χ0n) is 8.97. The van der Waals surface area contributed by atoms with Crippen LogP contribution in [0, 0.1) is 5.92 Å². The minimum Gasteiger partial charge on any atom is -0.352 e. The standard InChI is InChI=1S/C11H19BrN2O/c1-8(12)7-14-11(15)6-9-4-2-3-5-10(9)13/h9-10H,1-7,13H2,(H,14,15). The second kappa shape index (κ2) is 6.28. The Balaban J connectivity index is 2.26. The van der Waals surface area contributed by atoms with Crippen molar-refractivity contribution in [1.29, 1.82) is 0 Å². The molecule has 0 aromatic rings. The molecule has 1 amide bonds. The van der Waals surface area contributed by atoms with Gasteiger partial charge in [-0.05, 0) is 18.8 Å². The van der Waals surface area contributed by atoms with Gasteiger partial charge in [0, 0.05) is 23.5 Å². The molecule has 0 radical (unpaired) electrons. The maximum absolute atomic E-state index is 11.5. The zero-order valence-corrected chi connectivity index (χ0v) is 10.6. The van der Waals surface area contributed by atoms with Crippen LogP contribution in [0.2, 0.25) is 0 Å². The molecule has 0 heterocycles. The lowest BCUT2D eigenvalue weighted by Crippen LogP contribution is -2.37. The average Bonchev–Trinajstić information content (AvgIpc) is 2.18. The monoisotopic (exact) mass is 274 g/mol. The number of carbonyl (C=O) groups is 1. The van der Waals surface area contributed by atoms with E-state index in [-0.39, 0.29) is 11.9 Å². The molecule has 0 aromatic carbocycles. The highest BCUT2D eigenvalue weighted by molar-refractivity contribution is 9.11. The van der Waals surface area contributed by atoms with Gasteiger partial charge in [-0.3, -0.25) is 4.79 Å². The summed E-state index contributed by atoms with van der Waals surface area (Å²) in [6, 6.07) is 0.205. The molecule has 4 heteroatoms. The first-order chi connectivity index (χ1) is 7.09. The Morgan fingerprint density at radius 3 is 2.73 bits per heavy atom. The molecule has 1 fully saturated rings. The van der Waals surface area contributed by atoms with E-state index in [4.69, 9.17) is 5.73 Å². The topological polar surface area (TPSA) is 55.1 Å². The molecule has 0 aliphatic heterocycles. The number of rotatable bonds is 4. The lowest BCUT2D eigenvalue weighted by Gasteiger charge is -2.27. The minimum atomic E-state index is 0.0814. The van der Waals surface area contributed by atoms with Crippen molar-refractivity contribution in [3.05, 3.63) is 11.1 Å². The smallest absolute Gasteiger partial charge is 0.220 e. The average molecular weight is 275 g/mol. The quantitative estimate of drug-likeness (QED) is 0.823. The molecule has 1 saturated carbocycles. The second-order valence-corrected chi connectivity index (χ2v) is 5.33. The Bertz CT molecular complexity index is 243. The van der Waals surface area contributed by atoms with Gasteiger partial charge in [-0.1, -0.05) is 35.4 Å². The number of nitrogens with two attached hydrogens (primary N) is 1. The summed E-state index contributed by atoms with van der Waals surface area (Å²) in [7, 11) is 0. The highest BCUT2D eigenvalue weighted by atomic mass is 79.9. The van der Waals surface area contributed by atoms with Crippen LogP contribution in [-0.2, 0) is 4.79 Å². The number of hydrogen-bond donors (Lipinski definition) is 2. The highest BCUT2D eigenvalue weighted by Crippen LogP contribution is 2.25. The summed E-state index contributed by atoms with van der Waals surface area (Å²) in [5, 5.41) is 2.81. The summed E-state index contributed by atoms with van der Waals surface area (Å²) in [4.78, 5) is 11.5. The highest BCUT2D eigenvalue weighted by Gasteiger charge is 2.23. The van der Waals surface area contributed by atoms with Crippen LogP contribution in [0.5, 0.6) is 0 Å². The van der Waals surface area contributed by atoms with Crippen LogP contribution in [-0.4, -0.2) is 18.5 Å². The van der Waals surface area contributed by atoms with Crippen molar-refractivity contribution in [3.63, 3.8) is 0 Å². The van der Waals surface area contributed by atoms with Gasteiger partial charge in [0.15, 0.2) is 0 Å². The molecule has 3 nitrogen and oxygen atoms in total. The molecular weight excluding hydrogens is 256 g/mol. The van der Waals surface area contributed by atoms with Gasteiger partial charge in [-0.25, -0.2) is 0 Å². The van der Waals surface area contributed by atoms with E-state index in [1.165, 1.54) is 12.8 Å². The SMILES string of the molecule is C=C(Br)CNC(=O)CC1CCCCC1N. The summed E-state index contributed by atoms with van der Waals surface area (Å²) in [5.41, 5.74) is 5.98. The lowest BCUT2D eigenvalue weighted by molar-refractivity contribution is -0.122. The number of carbonyl (C=O) groups excluding carboxylic acids is 1. The van der Waals surface area contributed by atoms with Crippen molar-refractivity contribution in [2.45, 2.75) is 38.1 Å². The fourth-order valence-corrected chi connectivity index (χ4v) is 2.13. The fourth-order valence-electron chi connectivity index (χ4n) is 1.99. The van der Waals surface area contributed by atoms with Gasteiger partial charge in [-0.15, -0.1) is 0 Å². The zero-order chi connectivity index (χ0) is 11.3. The van der Waals surface area contributed by atoms with Crippen molar-refractivity contribution >= 4 is 21.8 Å². The van der Waals surface area contributed by atoms with Gasteiger partial charge < -0.3 is 11.1 Å². The number of halogens is 1. The van der Waals surface area contributed by atoms with Gasteiger partial charge >= 0.3 is 0 Å². The maximum Gasteiger partial charge on any atom is 0.220 e. The van der Waals surface area contributed by atoms with Crippen LogP contribution in [0.4, 0.5) is 0 Å². The van der Waals surface area contributed by atoms with Crippen molar-refractivity contribution < 1.29 is 4.79 Å². The molecule has 1 aliphatic carbocycles. The first-order valence-corrected chi connectivity index (χ1v) is 6.24. The predicted molar refractivity (Wildman–Crippen MR) is 65.6 cm³/mol. The molecule has 2 unspecified atom stereocenters. The third-order valence-corrected chi connectivity index (χ3v) is 3.17. The first-order valence-electron chi connectivity index (χ1n) is 5.45. The van der Waals surface area contributed by atoms with E-state index in [1.54, 1.807) is 0 Å².